The summed E-state index contributed by atoms with van der Waals surface area (Å²) in [4.78, 5) is 81.8. The number of hydrogen-bond acceptors (Lipinski definition) is 10. The molecule has 10 N–H and O–H groups in total. The minimum atomic E-state index is -3.51. The molecule has 0 amide bonds. The van der Waals surface area contributed by atoms with Crippen molar-refractivity contribution in [2.24, 2.45) is 0 Å². The molecule has 0 bridgehead atoms. The van der Waals surface area contributed by atoms with E-state index in [1.54, 1.807) is 0 Å². The third-order valence-corrected chi connectivity index (χ3v) is 2.73. The Balaban J connectivity index is -0.0000000868. The molecule has 0 aliphatic carbocycles. The van der Waals surface area contributed by atoms with E-state index in [1.807, 2.05) is 0 Å². The van der Waals surface area contributed by atoms with Crippen LogP contribution in [0.15, 0.2) is 0 Å². The zero-order valence-electron chi connectivity index (χ0n) is 13.5. The maximum atomic E-state index is 9.10. The summed E-state index contributed by atoms with van der Waals surface area (Å²) in [7, 11) is 0. The highest BCUT2D eigenvalue weighted by Gasteiger charge is 2.04. The Morgan fingerprint density at radius 1 is 0.500 bits per heavy atom. The number of nitriles is 4. The fraction of sp³-hybridized carbons (Fsp3) is 0. The second-order valence-electron chi connectivity index (χ2n) is 3.19. The minimum Gasteiger partial charge on any atom is -0.473 e. The summed E-state index contributed by atoms with van der Waals surface area (Å²) >= 11 is 15.4. The molecule has 0 radical (unpaired) electrons. The van der Waals surface area contributed by atoms with Crippen molar-refractivity contribution in [1.29, 1.82) is 21.0 Å². The molecule has 170 valence electrons. The molecule has 24 heteroatoms. The van der Waals surface area contributed by atoms with E-state index in [2.05, 4.69) is 47.2 Å². The summed E-state index contributed by atoms with van der Waals surface area (Å²) in [6.45, 7) is -14.0. The molecule has 0 fully saturated rings. The van der Waals surface area contributed by atoms with Crippen LogP contribution >= 0.6 is 26.0 Å². The van der Waals surface area contributed by atoms with Gasteiger partial charge in [-0.25, -0.2) is 9.59 Å². The molecule has 0 spiro atoms. The van der Waals surface area contributed by atoms with Crippen LogP contribution in [0.4, 0.5) is 0 Å². The van der Waals surface area contributed by atoms with Crippen LogP contribution in [0.2, 0.25) is 0 Å². The lowest BCUT2D eigenvalue weighted by Gasteiger charge is -1.85. The van der Waals surface area contributed by atoms with Crippen LogP contribution < -0.4 is 0 Å². The van der Waals surface area contributed by atoms with Gasteiger partial charge >= 0.3 is 11.9 Å². The van der Waals surface area contributed by atoms with E-state index < -0.39 is 37.9 Å². The maximum Gasteiger partial charge on any atom is 0.414 e. The van der Waals surface area contributed by atoms with Crippen molar-refractivity contribution >= 4 is 85.1 Å². The van der Waals surface area contributed by atoms with E-state index in [1.165, 1.54) is 0 Å². The lowest BCUT2D eigenvalue weighted by atomic mass is 10.7. The van der Waals surface area contributed by atoms with Crippen molar-refractivity contribution in [2.75, 3.05) is 0 Å². The number of carboxylic acid groups (broad SMARTS) is 2. The molecule has 0 saturated heterocycles. The Morgan fingerprint density at radius 3 is 0.567 bits per heavy atom. The second kappa shape index (κ2) is 18.9. The predicted octanol–water partition coefficient (Wildman–Crippen LogP) is -1.80. The number of nitrogens with zero attached hydrogens (tertiary/aromatic N) is 4. The third kappa shape index (κ3) is 80.8. The number of hydrogen-bond donors (Lipinski definition) is 10. The van der Waals surface area contributed by atoms with Crippen LogP contribution in [-0.4, -0.2) is 61.3 Å². The molecule has 0 heterocycles. The first-order valence-corrected chi connectivity index (χ1v) is 16.1. The fourth-order valence-corrected chi connectivity index (χ4v) is 0. The molecule has 0 aliphatic heterocycles. The molecule has 0 aromatic carbocycles. The topological polar surface area (TPSA) is 332 Å². The largest absolute Gasteiger partial charge is 0.473 e. The van der Waals surface area contributed by atoms with Gasteiger partial charge in [-0.3, -0.25) is 0 Å². The third-order valence-electron chi connectivity index (χ3n) is 0.704. The molecule has 30 heavy (non-hydrogen) atoms. The molecule has 0 unspecified atom stereocenters. The van der Waals surface area contributed by atoms with Crippen LogP contribution in [0.3, 0.4) is 0 Å². The monoisotopic (exact) mass is 582 g/mol. The van der Waals surface area contributed by atoms with Crippen molar-refractivity contribution in [3.05, 3.63) is 0 Å². The number of carboxylic acids is 2. The average molecular weight is 582 g/mol. The Morgan fingerprint density at radius 2 is 0.567 bits per heavy atom. The van der Waals surface area contributed by atoms with Crippen molar-refractivity contribution < 1.29 is 58.9 Å². The fourth-order valence-electron chi connectivity index (χ4n) is 0. The molecular formula is C6H10N4O12P4S4. The Kier molecular flexibility index (Phi) is 25.0. The first-order chi connectivity index (χ1) is 12.9. The van der Waals surface area contributed by atoms with E-state index in [4.69, 9.17) is 80.0 Å². The Bertz CT molecular complexity index is 780. The van der Waals surface area contributed by atoms with Gasteiger partial charge in [0.15, 0.2) is 23.2 Å². The van der Waals surface area contributed by atoms with Gasteiger partial charge in [0.1, 0.15) is 0 Å². The van der Waals surface area contributed by atoms with Crippen LogP contribution in [0.25, 0.3) is 0 Å². The van der Waals surface area contributed by atoms with Gasteiger partial charge in [-0.05, 0) is 47.2 Å². The van der Waals surface area contributed by atoms with Crippen molar-refractivity contribution in [1.82, 2.24) is 0 Å². The van der Waals surface area contributed by atoms with Crippen LogP contribution in [-0.2, 0) is 56.8 Å². The Hall–Kier alpha value is -0.820. The van der Waals surface area contributed by atoms with Gasteiger partial charge < -0.3 is 49.4 Å². The standard InChI is InChI=1S/C2H2O4.4CH2NO2PS/c3-1(4)2(5)6;4*2-1-5(3,4)6/h(H,3,4)(H,5,6);4*(H2,3,4,6). The van der Waals surface area contributed by atoms with Gasteiger partial charge in [0.25, 0.3) is 26.0 Å². The normalized spacial score (nSPS) is 9.60. The molecule has 0 aliphatic rings. The van der Waals surface area contributed by atoms with Gasteiger partial charge in [0.05, 0.1) is 0 Å². The van der Waals surface area contributed by atoms with Crippen molar-refractivity contribution in [3.63, 3.8) is 0 Å². The smallest absolute Gasteiger partial charge is 0.414 e. The van der Waals surface area contributed by atoms with Crippen LogP contribution in [0, 0.1) is 44.3 Å². The van der Waals surface area contributed by atoms with Crippen LogP contribution in [0.5, 0.6) is 0 Å². The lowest BCUT2D eigenvalue weighted by Crippen LogP contribution is -2.09. The molecule has 0 aromatic rings. The molecular weight excluding hydrogens is 572 g/mol. The van der Waals surface area contributed by atoms with Gasteiger partial charge in [-0.2, -0.15) is 21.0 Å². The predicted molar refractivity (Wildman–Crippen MR) is 113 cm³/mol. The van der Waals surface area contributed by atoms with E-state index in [0.29, 0.717) is 0 Å². The van der Waals surface area contributed by atoms with Crippen molar-refractivity contribution in [3.8, 4) is 23.2 Å². The zero-order valence-corrected chi connectivity index (χ0v) is 20.3. The second-order valence-corrected chi connectivity index (χ2v) is 14.4. The number of rotatable bonds is 0. The summed E-state index contributed by atoms with van der Waals surface area (Å²) in [5.41, 5.74) is 0. The first-order valence-electron chi connectivity index (χ1n) is 5.22. The van der Waals surface area contributed by atoms with E-state index >= 15 is 0 Å². The van der Waals surface area contributed by atoms with Crippen molar-refractivity contribution in [2.45, 2.75) is 0 Å². The van der Waals surface area contributed by atoms with E-state index in [9.17, 15) is 0 Å². The van der Waals surface area contributed by atoms with Crippen LogP contribution in [0.1, 0.15) is 0 Å². The quantitative estimate of drug-likeness (QED) is 0.111. The lowest BCUT2D eigenvalue weighted by molar-refractivity contribution is -0.159. The molecule has 0 rings (SSSR count). The summed E-state index contributed by atoms with van der Waals surface area (Å²) in [6.07, 6.45) is 0. The van der Waals surface area contributed by atoms with Gasteiger partial charge in [-0.1, -0.05) is 0 Å². The van der Waals surface area contributed by atoms with E-state index in [0.717, 1.165) is 23.2 Å². The maximum absolute atomic E-state index is 9.10. The highest BCUT2D eigenvalue weighted by molar-refractivity contribution is 8.12. The minimum absolute atomic E-state index is 1.14. The van der Waals surface area contributed by atoms with Gasteiger partial charge in [0, 0.05) is 0 Å². The molecule has 0 saturated carbocycles. The summed E-state index contributed by atoms with van der Waals surface area (Å²) < 4.78 is 0. The zero-order chi connectivity index (χ0) is 26.0. The first kappa shape index (κ1) is 39.6. The average Bonchev–Trinajstić information content (AvgIpc) is 2.54. The molecule has 16 nitrogen and oxygen atoms in total. The molecule has 0 aromatic heterocycles. The summed E-state index contributed by atoms with van der Waals surface area (Å²) in [6, 6.07) is 0. The Labute approximate surface area is 188 Å². The number of carbonyl (C=O) groups is 2. The number of aliphatic carboxylic acids is 2. The van der Waals surface area contributed by atoms with E-state index in [-0.39, 0.29) is 0 Å². The highest BCUT2D eigenvalue weighted by Crippen LogP contribution is 2.32. The SMILES string of the molecule is N#CP(O)(O)=S.N#CP(O)(O)=S.N#CP(O)(O)=S.N#CP(O)(O)=S.O=C(O)C(=O)O. The molecule has 0 atom stereocenters. The van der Waals surface area contributed by atoms with Gasteiger partial charge in [-0.15, -0.1) is 0 Å². The van der Waals surface area contributed by atoms with Gasteiger partial charge in [0.2, 0.25) is 0 Å². The summed E-state index contributed by atoms with van der Waals surface area (Å²) in [5, 5.41) is 45.2. The summed E-state index contributed by atoms with van der Waals surface area (Å²) in [5.74, 6) is 0.917. The highest BCUT2D eigenvalue weighted by atomic mass is 32.5.